The minimum atomic E-state index is -3.76. The highest BCUT2D eigenvalue weighted by atomic mass is 32.2. The van der Waals surface area contributed by atoms with Crippen molar-refractivity contribution in [1.82, 2.24) is 4.72 Å². The summed E-state index contributed by atoms with van der Waals surface area (Å²) in [7, 11) is -3.76. The Labute approximate surface area is 166 Å². The molecule has 1 fully saturated rings. The minimum absolute atomic E-state index is 0.000263. The molecule has 0 aromatic heterocycles. The van der Waals surface area contributed by atoms with Gasteiger partial charge in [-0.3, -0.25) is 4.79 Å². The molecule has 0 aliphatic carbocycles. The zero-order valence-electron chi connectivity index (χ0n) is 15.5. The fourth-order valence-electron chi connectivity index (χ4n) is 3.21. The van der Waals surface area contributed by atoms with Gasteiger partial charge >= 0.3 is 0 Å². The van der Waals surface area contributed by atoms with Crippen LogP contribution in [0.1, 0.15) is 29.6 Å². The van der Waals surface area contributed by atoms with Crippen LogP contribution in [-0.2, 0) is 10.0 Å². The van der Waals surface area contributed by atoms with Crippen molar-refractivity contribution in [3.05, 3.63) is 54.1 Å². The molecule has 1 aliphatic heterocycles. The number of rotatable bonds is 6. The molecule has 0 saturated carbocycles. The Morgan fingerprint density at radius 2 is 1.82 bits per heavy atom. The molecule has 2 N–H and O–H groups in total. The van der Waals surface area contributed by atoms with Crippen LogP contribution < -0.4 is 14.9 Å². The van der Waals surface area contributed by atoms with Gasteiger partial charge in [0.2, 0.25) is 10.0 Å². The second-order valence-corrected chi connectivity index (χ2v) is 8.34. The van der Waals surface area contributed by atoms with Gasteiger partial charge in [0.15, 0.2) is 0 Å². The van der Waals surface area contributed by atoms with Crippen LogP contribution in [0.4, 0.5) is 11.4 Å². The van der Waals surface area contributed by atoms with Gasteiger partial charge in [-0.2, -0.15) is 4.72 Å². The highest BCUT2D eigenvalue weighted by Gasteiger charge is 2.18. The van der Waals surface area contributed by atoms with Gasteiger partial charge in [0, 0.05) is 18.7 Å². The van der Waals surface area contributed by atoms with Crippen molar-refractivity contribution in [3.63, 3.8) is 0 Å². The van der Waals surface area contributed by atoms with Crippen LogP contribution >= 0.6 is 0 Å². The molecular weight excluding hydrogens is 374 g/mol. The van der Waals surface area contributed by atoms with E-state index in [0.717, 1.165) is 31.6 Å². The van der Waals surface area contributed by atoms with E-state index < -0.39 is 10.0 Å². The van der Waals surface area contributed by atoms with Gasteiger partial charge in [-0.15, -0.1) is 6.42 Å². The highest BCUT2D eigenvalue weighted by Crippen LogP contribution is 2.28. The zero-order valence-corrected chi connectivity index (χ0v) is 16.3. The van der Waals surface area contributed by atoms with Crippen molar-refractivity contribution in [2.24, 2.45) is 0 Å². The fourth-order valence-corrected chi connectivity index (χ4v) is 4.19. The quantitative estimate of drug-likeness (QED) is 0.735. The lowest BCUT2D eigenvalue weighted by molar-refractivity contribution is 0.102. The Bertz CT molecular complexity index is 990. The van der Waals surface area contributed by atoms with E-state index in [0.29, 0.717) is 5.69 Å². The summed E-state index contributed by atoms with van der Waals surface area (Å²) < 4.78 is 26.8. The maximum Gasteiger partial charge on any atom is 0.255 e. The van der Waals surface area contributed by atoms with Gasteiger partial charge in [-0.1, -0.05) is 24.1 Å². The van der Waals surface area contributed by atoms with Crippen LogP contribution in [0.5, 0.6) is 0 Å². The summed E-state index contributed by atoms with van der Waals surface area (Å²) in [5.41, 5.74) is 1.96. The monoisotopic (exact) mass is 397 g/mol. The molecule has 0 atom stereocenters. The largest absolute Gasteiger partial charge is 0.370 e. The SMILES string of the molecule is C#CCNS(=O)(=O)c1cccc(C(=O)Nc2ccccc2N2CCCCC2)c1. The molecule has 2 aromatic rings. The Kier molecular flexibility index (Phi) is 6.34. The van der Waals surface area contributed by atoms with Crippen molar-refractivity contribution in [1.29, 1.82) is 0 Å². The number of carbonyl (C=O) groups is 1. The van der Waals surface area contributed by atoms with E-state index >= 15 is 0 Å². The molecule has 1 saturated heterocycles. The predicted molar refractivity (Wildman–Crippen MR) is 111 cm³/mol. The van der Waals surface area contributed by atoms with Crippen LogP contribution in [0, 0.1) is 12.3 Å². The molecular formula is C21H23N3O3S. The number of benzene rings is 2. The first-order chi connectivity index (χ1) is 13.5. The number of hydrogen-bond donors (Lipinski definition) is 2. The number of anilines is 2. The topological polar surface area (TPSA) is 78.5 Å². The van der Waals surface area contributed by atoms with E-state index in [-0.39, 0.29) is 22.9 Å². The van der Waals surface area contributed by atoms with Gasteiger partial charge in [0.1, 0.15) is 0 Å². The molecule has 1 heterocycles. The first-order valence-corrected chi connectivity index (χ1v) is 10.7. The summed E-state index contributed by atoms with van der Waals surface area (Å²) in [5.74, 6) is 1.86. The summed E-state index contributed by atoms with van der Waals surface area (Å²) in [6, 6.07) is 13.6. The third-order valence-corrected chi connectivity index (χ3v) is 6.02. The lowest BCUT2D eigenvalue weighted by Crippen LogP contribution is -2.30. The van der Waals surface area contributed by atoms with Gasteiger partial charge < -0.3 is 10.2 Å². The number of para-hydroxylation sites is 2. The Morgan fingerprint density at radius 1 is 1.07 bits per heavy atom. The third-order valence-electron chi connectivity index (χ3n) is 4.62. The van der Waals surface area contributed by atoms with Crippen LogP contribution in [0.15, 0.2) is 53.4 Å². The van der Waals surface area contributed by atoms with Crippen molar-refractivity contribution >= 4 is 27.3 Å². The summed E-state index contributed by atoms with van der Waals surface area (Å²) >= 11 is 0. The average molecular weight is 398 g/mol. The second-order valence-electron chi connectivity index (χ2n) is 6.58. The van der Waals surface area contributed by atoms with Crippen LogP contribution in [0.2, 0.25) is 0 Å². The zero-order chi connectivity index (χ0) is 20.0. The van der Waals surface area contributed by atoms with Gasteiger partial charge in [-0.05, 0) is 49.6 Å². The number of sulfonamides is 1. The van der Waals surface area contributed by atoms with E-state index in [1.165, 1.54) is 24.6 Å². The molecule has 1 amide bonds. The Hall–Kier alpha value is -2.82. The molecule has 0 unspecified atom stereocenters. The fraction of sp³-hybridized carbons (Fsp3) is 0.286. The first kappa shape index (κ1) is 19.9. The number of terminal acetylenes is 1. The Balaban J connectivity index is 1.81. The van der Waals surface area contributed by atoms with Crippen molar-refractivity contribution in [2.75, 3.05) is 29.9 Å². The molecule has 146 valence electrons. The standard InChI is InChI=1S/C21H23N3O3S/c1-2-13-22-28(26,27)18-10-8-9-17(16-18)21(25)23-19-11-4-5-12-20(19)24-14-6-3-7-15-24/h1,4-5,8-12,16,22H,3,6-7,13-15H2,(H,23,25). The Morgan fingerprint density at radius 3 is 2.57 bits per heavy atom. The number of piperidine rings is 1. The highest BCUT2D eigenvalue weighted by molar-refractivity contribution is 7.89. The summed E-state index contributed by atoms with van der Waals surface area (Å²) in [4.78, 5) is 15.0. The van der Waals surface area contributed by atoms with E-state index in [4.69, 9.17) is 6.42 Å². The van der Waals surface area contributed by atoms with E-state index in [1.807, 2.05) is 24.3 Å². The lowest BCUT2D eigenvalue weighted by Gasteiger charge is -2.30. The molecule has 0 spiro atoms. The van der Waals surface area contributed by atoms with E-state index in [2.05, 4.69) is 20.9 Å². The first-order valence-electron chi connectivity index (χ1n) is 9.20. The van der Waals surface area contributed by atoms with Crippen molar-refractivity contribution < 1.29 is 13.2 Å². The van der Waals surface area contributed by atoms with E-state index in [1.54, 1.807) is 6.07 Å². The minimum Gasteiger partial charge on any atom is -0.370 e. The molecule has 6 nitrogen and oxygen atoms in total. The molecule has 0 bridgehead atoms. The maximum atomic E-state index is 12.8. The molecule has 28 heavy (non-hydrogen) atoms. The number of nitrogens with zero attached hydrogens (tertiary/aromatic N) is 1. The van der Waals surface area contributed by atoms with Crippen LogP contribution in [0.25, 0.3) is 0 Å². The molecule has 0 radical (unpaired) electrons. The predicted octanol–water partition coefficient (Wildman–Crippen LogP) is 2.84. The van der Waals surface area contributed by atoms with Gasteiger partial charge in [-0.25, -0.2) is 8.42 Å². The van der Waals surface area contributed by atoms with Crippen molar-refractivity contribution in [3.8, 4) is 12.3 Å². The third kappa shape index (κ3) is 4.71. The molecule has 2 aromatic carbocycles. The van der Waals surface area contributed by atoms with Gasteiger partial charge in [0.05, 0.1) is 22.8 Å². The second kappa shape index (κ2) is 8.91. The molecule has 1 aliphatic rings. The lowest BCUT2D eigenvalue weighted by atomic mass is 10.1. The number of hydrogen-bond acceptors (Lipinski definition) is 4. The van der Waals surface area contributed by atoms with Gasteiger partial charge in [0.25, 0.3) is 5.91 Å². The number of amides is 1. The summed E-state index contributed by atoms with van der Waals surface area (Å²) in [5, 5.41) is 2.92. The summed E-state index contributed by atoms with van der Waals surface area (Å²) in [6.45, 7) is 1.81. The maximum absolute atomic E-state index is 12.8. The van der Waals surface area contributed by atoms with E-state index in [9.17, 15) is 13.2 Å². The normalized spacial score (nSPS) is 14.3. The number of nitrogens with one attached hydrogen (secondary N) is 2. The smallest absolute Gasteiger partial charge is 0.255 e. The van der Waals surface area contributed by atoms with Crippen LogP contribution in [0.3, 0.4) is 0 Å². The summed E-state index contributed by atoms with van der Waals surface area (Å²) in [6.07, 6.45) is 8.59. The molecule has 3 rings (SSSR count). The molecule has 7 heteroatoms. The van der Waals surface area contributed by atoms with Crippen molar-refractivity contribution in [2.45, 2.75) is 24.2 Å². The average Bonchev–Trinajstić information content (AvgIpc) is 2.73. The van der Waals surface area contributed by atoms with Crippen LogP contribution in [-0.4, -0.2) is 34.0 Å². The number of carbonyl (C=O) groups excluding carboxylic acids is 1.